The van der Waals surface area contributed by atoms with Crippen LogP contribution in [0, 0.1) is 0 Å². The van der Waals surface area contributed by atoms with Gasteiger partial charge in [-0.2, -0.15) is 0 Å². The minimum Gasteiger partial charge on any atom is -0.508 e. The molecule has 36 heavy (non-hydrogen) atoms. The Hall–Kier alpha value is -3.22. The molecule has 6 N–H and O–H groups in total. The molecule has 198 valence electrons. The molecule has 3 rings (SSSR count). The van der Waals surface area contributed by atoms with E-state index < -0.39 is 29.3 Å². The van der Waals surface area contributed by atoms with Gasteiger partial charge in [-0.25, -0.2) is 0 Å². The van der Waals surface area contributed by atoms with Crippen molar-refractivity contribution < 1.29 is 33.8 Å². The third-order valence-corrected chi connectivity index (χ3v) is 6.34. The number of phenolic OH excluding ortho intramolecular Hbond substituents is 1. The fourth-order valence-electron chi connectivity index (χ4n) is 4.38. The Morgan fingerprint density at radius 3 is 2.50 bits per heavy atom. The second-order valence-electron chi connectivity index (χ2n) is 9.15. The van der Waals surface area contributed by atoms with Crippen molar-refractivity contribution in [2.24, 2.45) is 5.73 Å². The van der Waals surface area contributed by atoms with E-state index in [1.54, 1.807) is 12.1 Å². The summed E-state index contributed by atoms with van der Waals surface area (Å²) in [6.07, 6.45) is 0.546. The summed E-state index contributed by atoms with van der Waals surface area (Å²) in [4.78, 5) is 51.8. The van der Waals surface area contributed by atoms with Crippen LogP contribution in [0.4, 0.5) is 0 Å². The summed E-state index contributed by atoms with van der Waals surface area (Å²) in [6, 6.07) is 5.93. The molecule has 1 aromatic carbocycles. The highest BCUT2D eigenvalue weighted by molar-refractivity contribution is 5.91. The van der Waals surface area contributed by atoms with Crippen LogP contribution < -0.4 is 21.7 Å². The molecule has 2 heterocycles. The van der Waals surface area contributed by atoms with E-state index in [1.165, 1.54) is 0 Å². The second-order valence-corrected chi connectivity index (χ2v) is 9.15. The van der Waals surface area contributed by atoms with Crippen molar-refractivity contribution in [3.8, 4) is 5.75 Å². The zero-order valence-corrected chi connectivity index (χ0v) is 20.3. The van der Waals surface area contributed by atoms with Crippen LogP contribution in [-0.4, -0.2) is 91.3 Å². The molecule has 2 fully saturated rings. The zero-order valence-electron chi connectivity index (χ0n) is 20.3. The summed E-state index contributed by atoms with van der Waals surface area (Å²) in [5, 5.41) is 18.2. The number of aromatic hydroxyl groups is 1. The van der Waals surface area contributed by atoms with Crippen molar-refractivity contribution in [3.63, 3.8) is 0 Å². The highest BCUT2D eigenvalue weighted by atomic mass is 16.5. The number of ether oxygens (including phenoxy) is 2. The molecule has 0 saturated carbocycles. The maximum atomic E-state index is 12.9. The third-order valence-electron chi connectivity index (χ3n) is 6.34. The molecule has 0 unspecified atom stereocenters. The summed E-state index contributed by atoms with van der Waals surface area (Å²) in [6.45, 7) is 2.39. The van der Waals surface area contributed by atoms with Crippen molar-refractivity contribution in [1.82, 2.24) is 20.9 Å². The van der Waals surface area contributed by atoms with Gasteiger partial charge >= 0.3 is 0 Å². The average molecular weight is 506 g/mol. The van der Waals surface area contributed by atoms with Crippen molar-refractivity contribution in [2.45, 2.75) is 43.8 Å². The van der Waals surface area contributed by atoms with E-state index in [4.69, 9.17) is 15.2 Å². The van der Waals surface area contributed by atoms with Crippen LogP contribution in [-0.2, 0) is 35.2 Å². The van der Waals surface area contributed by atoms with Gasteiger partial charge < -0.3 is 36.3 Å². The summed E-state index contributed by atoms with van der Waals surface area (Å²) in [7, 11) is 0. The van der Waals surface area contributed by atoms with Crippen LogP contribution in [0.15, 0.2) is 24.3 Å². The summed E-state index contributed by atoms with van der Waals surface area (Å²) in [5.74, 6) is -1.90. The van der Waals surface area contributed by atoms with Gasteiger partial charge in [-0.3, -0.25) is 24.1 Å². The Bertz CT molecular complexity index is 933. The number of piperidine rings is 1. The van der Waals surface area contributed by atoms with Crippen molar-refractivity contribution in [1.29, 1.82) is 0 Å². The molecule has 0 bridgehead atoms. The van der Waals surface area contributed by atoms with Gasteiger partial charge in [0.05, 0.1) is 31.8 Å². The Kier molecular flexibility index (Phi) is 10.0. The molecule has 0 radical (unpaired) electrons. The van der Waals surface area contributed by atoms with E-state index in [0.717, 1.165) is 5.56 Å². The minimum absolute atomic E-state index is 0.0856. The van der Waals surface area contributed by atoms with E-state index in [0.29, 0.717) is 32.5 Å². The van der Waals surface area contributed by atoms with Gasteiger partial charge in [-0.1, -0.05) is 18.2 Å². The summed E-state index contributed by atoms with van der Waals surface area (Å²) in [5.41, 5.74) is 5.35. The molecule has 4 amide bonds. The number of hydrogen-bond acceptors (Lipinski definition) is 8. The topological polar surface area (TPSA) is 172 Å². The fourth-order valence-corrected chi connectivity index (χ4v) is 4.38. The first kappa shape index (κ1) is 27.4. The number of rotatable bonds is 3. The Morgan fingerprint density at radius 1 is 1.06 bits per heavy atom. The van der Waals surface area contributed by atoms with Crippen LogP contribution >= 0.6 is 0 Å². The van der Waals surface area contributed by atoms with Gasteiger partial charge in [-0.05, 0) is 18.9 Å². The number of primary amides is 1. The molecule has 12 nitrogen and oxygen atoms in total. The van der Waals surface area contributed by atoms with E-state index >= 15 is 0 Å². The lowest BCUT2D eigenvalue weighted by atomic mass is 9.83. The van der Waals surface area contributed by atoms with Gasteiger partial charge in [0.25, 0.3) is 0 Å². The lowest BCUT2D eigenvalue weighted by Crippen LogP contribution is -2.58. The predicted molar refractivity (Wildman–Crippen MR) is 128 cm³/mol. The summed E-state index contributed by atoms with van der Waals surface area (Å²) >= 11 is 0. The van der Waals surface area contributed by atoms with Crippen molar-refractivity contribution in [3.05, 3.63) is 29.8 Å². The van der Waals surface area contributed by atoms with E-state index in [1.807, 2.05) is 12.1 Å². The number of amides is 4. The number of nitrogens with one attached hydrogen (secondary N) is 3. The molecule has 0 aliphatic carbocycles. The Morgan fingerprint density at radius 2 is 1.78 bits per heavy atom. The number of nitrogens with two attached hydrogens (primary N) is 1. The number of phenols is 1. The number of hydrogen-bond donors (Lipinski definition) is 5. The first-order valence-electron chi connectivity index (χ1n) is 12.1. The van der Waals surface area contributed by atoms with E-state index in [9.17, 15) is 24.3 Å². The monoisotopic (exact) mass is 505 g/mol. The maximum Gasteiger partial charge on any atom is 0.246 e. The third kappa shape index (κ3) is 8.47. The second kappa shape index (κ2) is 13.2. The molecular formula is C24H35N5O7. The number of para-hydroxylation sites is 1. The molecule has 1 atom stereocenters. The van der Waals surface area contributed by atoms with Gasteiger partial charge in [-0.15, -0.1) is 0 Å². The normalized spacial score (nSPS) is 23.2. The van der Waals surface area contributed by atoms with Crippen molar-refractivity contribution >= 4 is 23.6 Å². The van der Waals surface area contributed by atoms with Crippen LogP contribution in [0.1, 0.15) is 31.2 Å². The molecule has 0 aromatic heterocycles. The Balaban J connectivity index is 1.70. The number of nitrogens with zero attached hydrogens (tertiary/aromatic N) is 1. The number of likely N-dealkylation sites (tertiary alicyclic amines) is 1. The highest BCUT2D eigenvalue weighted by Crippen LogP contribution is 2.28. The smallest absolute Gasteiger partial charge is 0.246 e. The molecule has 2 aliphatic rings. The molecule has 1 spiro atoms. The van der Waals surface area contributed by atoms with Gasteiger partial charge in [0.2, 0.25) is 23.6 Å². The average Bonchev–Trinajstić information content (AvgIpc) is 2.82. The zero-order chi connectivity index (χ0) is 26.0. The number of carbonyl (C=O) groups excluding carboxylic acids is 4. The largest absolute Gasteiger partial charge is 0.508 e. The van der Waals surface area contributed by atoms with Crippen LogP contribution in [0.2, 0.25) is 0 Å². The predicted octanol–water partition coefficient (Wildman–Crippen LogP) is -1.24. The first-order valence-corrected chi connectivity index (χ1v) is 12.1. The summed E-state index contributed by atoms with van der Waals surface area (Å²) < 4.78 is 10.7. The standard InChI is InChI=1S/C24H35N5O7/c25-23(34)18-13-20(31)26-7-10-35-11-12-36-16-22(33)28-24(14-21(32)27-18)5-8-29(9-6-24)15-17-3-1-2-4-19(17)30/h1-4,18,30H,5-16H2,(H2,25,34)(H,26,31)(H,27,32)(H,28,33)/t18-/m1/s1. The SMILES string of the molecule is NC(=O)[C@H]1CC(=O)NCCOCCOCC(=O)NC2(CCN(Cc3ccccc3O)CC2)CC(=O)N1. The maximum absolute atomic E-state index is 12.9. The van der Waals surface area contributed by atoms with Gasteiger partial charge in [0.15, 0.2) is 0 Å². The lowest BCUT2D eigenvalue weighted by molar-refractivity contribution is -0.132. The lowest BCUT2D eigenvalue weighted by Gasteiger charge is -2.42. The quantitative estimate of drug-likeness (QED) is 0.339. The number of carbonyl (C=O) groups is 4. The molecule has 12 heteroatoms. The van der Waals surface area contributed by atoms with Crippen LogP contribution in [0.25, 0.3) is 0 Å². The minimum atomic E-state index is -1.17. The molecular weight excluding hydrogens is 470 g/mol. The van der Waals surface area contributed by atoms with E-state index in [2.05, 4.69) is 20.9 Å². The molecule has 1 aromatic rings. The number of benzene rings is 1. The fraction of sp³-hybridized carbons (Fsp3) is 0.583. The van der Waals surface area contributed by atoms with Crippen LogP contribution in [0.3, 0.4) is 0 Å². The van der Waals surface area contributed by atoms with Crippen LogP contribution in [0.5, 0.6) is 5.75 Å². The van der Waals surface area contributed by atoms with E-state index in [-0.39, 0.29) is 57.5 Å². The van der Waals surface area contributed by atoms with Crippen molar-refractivity contribution in [2.75, 3.05) is 46.1 Å². The highest BCUT2D eigenvalue weighted by Gasteiger charge is 2.39. The first-order chi connectivity index (χ1) is 17.3. The molecule has 2 saturated heterocycles. The van der Waals surface area contributed by atoms with Gasteiger partial charge in [0.1, 0.15) is 18.4 Å². The Labute approximate surface area is 209 Å². The van der Waals surface area contributed by atoms with Gasteiger partial charge in [0, 0.05) is 38.2 Å². The molecule has 2 aliphatic heterocycles.